The second-order valence-corrected chi connectivity index (χ2v) is 7.91. The molecule has 0 amide bonds. The van der Waals surface area contributed by atoms with Crippen LogP contribution in [0.1, 0.15) is 79.9 Å². The first-order valence-corrected chi connectivity index (χ1v) is 9.64. The zero-order chi connectivity index (χ0) is 15.3. The summed E-state index contributed by atoms with van der Waals surface area (Å²) in [6.45, 7) is 1.79. The van der Waals surface area contributed by atoms with E-state index in [1.54, 1.807) is 11.1 Å². The van der Waals surface area contributed by atoms with E-state index in [9.17, 15) is 0 Å². The van der Waals surface area contributed by atoms with E-state index in [4.69, 9.17) is 14.5 Å². The van der Waals surface area contributed by atoms with E-state index in [0.717, 1.165) is 26.1 Å². The fourth-order valence-corrected chi connectivity index (χ4v) is 5.49. The quantitative estimate of drug-likeness (QED) is 0.777. The minimum Gasteiger partial charge on any atom is -0.381 e. The lowest BCUT2D eigenvalue weighted by Crippen LogP contribution is -2.26. The maximum absolute atomic E-state index is 6.89. The van der Waals surface area contributed by atoms with Crippen molar-refractivity contribution in [2.45, 2.75) is 75.9 Å². The molecule has 5 rings (SSSR count). The van der Waals surface area contributed by atoms with Gasteiger partial charge in [0.05, 0.1) is 11.7 Å². The molecular weight excluding hydrogens is 286 g/mol. The van der Waals surface area contributed by atoms with Crippen molar-refractivity contribution in [2.24, 2.45) is 5.92 Å². The van der Waals surface area contributed by atoms with Gasteiger partial charge in [0, 0.05) is 30.7 Å². The van der Waals surface area contributed by atoms with Crippen LogP contribution in [-0.2, 0) is 27.9 Å². The Morgan fingerprint density at radius 3 is 2.61 bits per heavy atom. The smallest absolute Gasteiger partial charge is 0.0947 e. The van der Waals surface area contributed by atoms with Gasteiger partial charge < -0.3 is 9.47 Å². The molecule has 1 unspecified atom stereocenters. The Balaban J connectivity index is 1.61. The van der Waals surface area contributed by atoms with Crippen molar-refractivity contribution in [1.29, 1.82) is 0 Å². The number of fused-ring (bicyclic) bond motifs is 4. The molecule has 0 N–H and O–H groups in total. The first-order valence-electron chi connectivity index (χ1n) is 9.64. The maximum Gasteiger partial charge on any atom is 0.0947 e. The average molecular weight is 313 g/mol. The fourth-order valence-electron chi connectivity index (χ4n) is 5.49. The van der Waals surface area contributed by atoms with Gasteiger partial charge in [0.25, 0.3) is 0 Å². The lowest BCUT2D eigenvalue weighted by Gasteiger charge is -2.31. The average Bonchev–Trinajstić information content (AvgIpc) is 3.22. The van der Waals surface area contributed by atoms with Crippen molar-refractivity contribution in [3.05, 3.63) is 28.6 Å². The van der Waals surface area contributed by atoms with Gasteiger partial charge in [0.1, 0.15) is 0 Å². The highest BCUT2D eigenvalue weighted by Crippen LogP contribution is 2.57. The summed E-state index contributed by atoms with van der Waals surface area (Å²) in [6.07, 6.45) is 14.8. The number of rotatable bonds is 1. The number of pyridine rings is 1. The Bertz CT molecular complexity index is 600. The van der Waals surface area contributed by atoms with E-state index in [0.29, 0.717) is 5.92 Å². The van der Waals surface area contributed by atoms with E-state index >= 15 is 0 Å². The molecule has 1 aromatic heterocycles. The number of ether oxygens (including phenoxy) is 2. The highest BCUT2D eigenvalue weighted by Gasteiger charge is 2.50. The Labute approximate surface area is 138 Å². The molecule has 1 aromatic rings. The van der Waals surface area contributed by atoms with Gasteiger partial charge in [-0.05, 0) is 68.4 Å². The maximum atomic E-state index is 6.89. The summed E-state index contributed by atoms with van der Waals surface area (Å²) in [7, 11) is 0. The third-order valence-corrected chi connectivity index (χ3v) is 6.61. The van der Waals surface area contributed by atoms with Crippen molar-refractivity contribution < 1.29 is 9.47 Å². The normalized spacial score (nSPS) is 29.7. The SMILES string of the molecule is c1nc2c(c3c1C(C1CCOCC1)OC31CCCC1)CCCC2. The summed E-state index contributed by atoms with van der Waals surface area (Å²) in [6, 6.07) is 0. The van der Waals surface area contributed by atoms with Crippen molar-refractivity contribution in [3.63, 3.8) is 0 Å². The molecule has 0 radical (unpaired) electrons. The Hall–Kier alpha value is -0.930. The van der Waals surface area contributed by atoms with E-state index in [-0.39, 0.29) is 11.7 Å². The monoisotopic (exact) mass is 313 g/mol. The summed E-state index contributed by atoms with van der Waals surface area (Å²) in [5, 5.41) is 0. The number of hydrogen-bond acceptors (Lipinski definition) is 3. The minimum atomic E-state index is 0.0304. The van der Waals surface area contributed by atoms with Crippen LogP contribution in [0.5, 0.6) is 0 Å². The second kappa shape index (κ2) is 5.56. The molecule has 0 bridgehead atoms. The van der Waals surface area contributed by atoms with Crippen molar-refractivity contribution in [2.75, 3.05) is 13.2 Å². The second-order valence-electron chi connectivity index (χ2n) is 7.91. The molecule has 3 heteroatoms. The topological polar surface area (TPSA) is 31.4 Å². The van der Waals surface area contributed by atoms with Crippen LogP contribution in [-0.4, -0.2) is 18.2 Å². The Morgan fingerprint density at radius 2 is 1.78 bits per heavy atom. The predicted molar refractivity (Wildman–Crippen MR) is 88.4 cm³/mol. The molecule has 4 aliphatic rings. The van der Waals surface area contributed by atoms with Gasteiger partial charge in [-0.15, -0.1) is 0 Å². The Morgan fingerprint density at radius 1 is 1.00 bits per heavy atom. The van der Waals surface area contributed by atoms with Gasteiger partial charge in [-0.25, -0.2) is 0 Å². The van der Waals surface area contributed by atoms with Crippen LogP contribution in [0.3, 0.4) is 0 Å². The number of nitrogens with zero attached hydrogens (tertiary/aromatic N) is 1. The van der Waals surface area contributed by atoms with Crippen LogP contribution in [0, 0.1) is 5.92 Å². The van der Waals surface area contributed by atoms with Crippen molar-refractivity contribution in [1.82, 2.24) is 4.98 Å². The molecule has 124 valence electrons. The lowest BCUT2D eigenvalue weighted by molar-refractivity contribution is -0.111. The van der Waals surface area contributed by atoms with Crippen molar-refractivity contribution in [3.8, 4) is 0 Å². The first kappa shape index (κ1) is 14.4. The van der Waals surface area contributed by atoms with Gasteiger partial charge in [-0.1, -0.05) is 12.8 Å². The molecular formula is C20H27NO2. The first-order chi connectivity index (χ1) is 11.4. The largest absolute Gasteiger partial charge is 0.381 e. The molecule has 1 atom stereocenters. The third kappa shape index (κ3) is 2.20. The molecule has 1 saturated carbocycles. The standard InChI is InChI=1S/C20H27NO2/c1-2-6-17-15(5-1)18-16(13-21-17)19(14-7-11-22-12-8-14)23-20(18)9-3-4-10-20/h13-14,19H,1-12H2. The van der Waals surface area contributed by atoms with Crippen LogP contribution < -0.4 is 0 Å². The highest BCUT2D eigenvalue weighted by molar-refractivity contribution is 5.47. The molecule has 3 heterocycles. The molecule has 0 aromatic carbocycles. The number of aromatic nitrogens is 1. The lowest BCUT2D eigenvalue weighted by atomic mass is 9.80. The Kier molecular flexibility index (Phi) is 3.48. The third-order valence-electron chi connectivity index (χ3n) is 6.61. The van der Waals surface area contributed by atoms with Crippen LogP contribution in [0.2, 0.25) is 0 Å². The molecule has 1 saturated heterocycles. The summed E-state index contributed by atoms with van der Waals surface area (Å²) in [5.74, 6) is 0.617. The van der Waals surface area contributed by atoms with Gasteiger partial charge in [-0.3, -0.25) is 4.98 Å². The zero-order valence-corrected chi connectivity index (χ0v) is 14.0. The highest BCUT2D eigenvalue weighted by atomic mass is 16.5. The summed E-state index contributed by atoms with van der Waals surface area (Å²) < 4.78 is 12.5. The molecule has 3 nitrogen and oxygen atoms in total. The van der Waals surface area contributed by atoms with Crippen LogP contribution >= 0.6 is 0 Å². The van der Waals surface area contributed by atoms with Crippen LogP contribution in [0.15, 0.2) is 6.20 Å². The fraction of sp³-hybridized carbons (Fsp3) is 0.750. The van der Waals surface area contributed by atoms with Crippen LogP contribution in [0.25, 0.3) is 0 Å². The van der Waals surface area contributed by atoms with Gasteiger partial charge in [0.15, 0.2) is 0 Å². The summed E-state index contributed by atoms with van der Waals surface area (Å²) in [4.78, 5) is 4.88. The molecule has 1 spiro atoms. The summed E-state index contributed by atoms with van der Waals surface area (Å²) >= 11 is 0. The van der Waals surface area contributed by atoms with Gasteiger partial charge in [-0.2, -0.15) is 0 Å². The molecule has 23 heavy (non-hydrogen) atoms. The predicted octanol–water partition coefficient (Wildman–Crippen LogP) is 4.23. The van der Waals surface area contributed by atoms with Crippen molar-refractivity contribution >= 4 is 0 Å². The zero-order valence-electron chi connectivity index (χ0n) is 14.0. The molecule has 2 aliphatic heterocycles. The molecule has 2 aliphatic carbocycles. The van der Waals surface area contributed by atoms with E-state index in [1.807, 2.05) is 0 Å². The van der Waals surface area contributed by atoms with E-state index in [2.05, 4.69) is 6.20 Å². The van der Waals surface area contributed by atoms with E-state index in [1.165, 1.54) is 62.6 Å². The minimum absolute atomic E-state index is 0.0304. The van der Waals surface area contributed by atoms with Gasteiger partial charge in [0.2, 0.25) is 0 Å². The molecule has 2 fully saturated rings. The van der Waals surface area contributed by atoms with Gasteiger partial charge >= 0.3 is 0 Å². The van der Waals surface area contributed by atoms with E-state index < -0.39 is 0 Å². The number of aryl methyl sites for hydroxylation is 1. The summed E-state index contributed by atoms with van der Waals surface area (Å²) in [5.41, 5.74) is 6.02. The van der Waals surface area contributed by atoms with Crippen LogP contribution in [0.4, 0.5) is 0 Å². The number of hydrogen-bond donors (Lipinski definition) is 0.